The highest BCUT2D eigenvalue weighted by Crippen LogP contribution is 2.26. The van der Waals surface area contributed by atoms with Crippen LogP contribution in [0.2, 0.25) is 0 Å². The largest absolute Gasteiger partial charge is 0.477 e. The van der Waals surface area contributed by atoms with Gasteiger partial charge in [-0.05, 0) is 18.2 Å². The lowest BCUT2D eigenvalue weighted by Crippen LogP contribution is -2.14. The van der Waals surface area contributed by atoms with Crippen LogP contribution in [0.15, 0.2) is 40.5 Å². The number of carboxylic acid groups (broad SMARTS) is 1. The van der Waals surface area contributed by atoms with E-state index in [-0.39, 0.29) is 13.0 Å². The number of hydrogen-bond donors (Lipinski definition) is 2. The van der Waals surface area contributed by atoms with Crippen LogP contribution < -0.4 is 5.73 Å². The molecular weight excluding hydrogens is 376 g/mol. The van der Waals surface area contributed by atoms with Gasteiger partial charge in [0.1, 0.15) is 11.6 Å². The molecule has 0 saturated heterocycles. The van der Waals surface area contributed by atoms with Gasteiger partial charge in [0, 0.05) is 34.8 Å². The highest BCUT2D eigenvalue weighted by Gasteiger charge is 2.14. The lowest BCUT2D eigenvalue weighted by Gasteiger charge is -2.00. The zero-order valence-corrected chi connectivity index (χ0v) is 14.0. The second-order valence-electron chi connectivity index (χ2n) is 4.89. The molecule has 7 nitrogen and oxygen atoms in total. The predicted octanol–water partition coefficient (Wildman–Crippen LogP) is 2.18. The fourth-order valence-corrected chi connectivity index (χ4v) is 2.28. The van der Waals surface area contributed by atoms with Crippen LogP contribution in [0, 0.1) is 11.3 Å². The van der Waals surface area contributed by atoms with Crippen LogP contribution in [0.5, 0.6) is 0 Å². The van der Waals surface area contributed by atoms with Gasteiger partial charge in [0.15, 0.2) is 0 Å². The molecule has 1 aromatic carbocycles. The van der Waals surface area contributed by atoms with E-state index in [2.05, 4.69) is 21.0 Å². The number of hydrogen-bond acceptors (Lipinski definition) is 4. The van der Waals surface area contributed by atoms with Crippen molar-refractivity contribution in [3.8, 4) is 17.3 Å². The summed E-state index contributed by atoms with van der Waals surface area (Å²) in [5, 5.41) is 22.4. The molecule has 0 aliphatic carbocycles. The molecule has 0 aliphatic rings. The van der Waals surface area contributed by atoms with E-state index >= 15 is 0 Å². The molecule has 0 aliphatic heterocycles. The molecule has 2 aromatic rings. The number of halogens is 1. The van der Waals surface area contributed by atoms with Gasteiger partial charge in [-0.1, -0.05) is 28.1 Å². The zero-order chi connectivity index (χ0) is 17.7. The summed E-state index contributed by atoms with van der Waals surface area (Å²) in [7, 11) is 0. The first-order chi connectivity index (χ1) is 11.4. The summed E-state index contributed by atoms with van der Waals surface area (Å²) in [6.07, 6.45) is 2.95. The molecule has 122 valence electrons. The van der Waals surface area contributed by atoms with Crippen molar-refractivity contribution in [2.45, 2.75) is 13.0 Å². The first kappa shape index (κ1) is 17.4. The number of nitrogens with two attached hydrogens (primary N) is 1. The molecular formula is C16H13BrN4O3. The monoisotopic (exact) mass is 388 g/mol. The van der Waals surface area contributed by atoms with Gasteiger partial charge >= 0.3 is 5.97 Å². The quantitative estimate of drug-likeness (QED) is 0.579. The minimum Gasteiger partial charge on any atom is -0.477 e. The molecule has 0 unspecified atom stereocenters. The Morgan fingerprint density at radius 3 is 2.58 bits per heavy atom. The Morgan fingerprint density at radius 1 is 1.38 bits per heavy atom. The summed E-state index contributed by atoms with van der Waals surface area (Å²) in [5.41, 5.74) is 6.48. The van der Waals surface area contributed by atoms with Crippen molar-refractivity contribution >= 4 is 33.9 Å². The molecule has 3 N–H and O–H groups in total. The first-order valence-electron chi connectivity index (χ1n) is 6.87. The average Bonchev–Trinajstić information content (AvgIpc) is 2.94. The zero-order valence-electron chi connectivity index (χ0n) is 12.4. The fraction of sp³-hybridized carbons (Fsp3) is 0.125. The van der Waals surface area contributed by atoms with Crippen LogP contribution in [0.4, 0.5) is 0 Å². The van der Waals surface area contributed by atoms with Crippen LogP contribution in [0.1, 0.15) is 12.0 Å². The fourth-order valence-electron chi connectivity index (χ4n) is 2.01. The van der Waals surface area contributed by atoms with Gasteiger partial charge in [0.2, 0.25) is 5.91 Å². The van der Waals surface area contributed by atoms with Crippen LogP contribution in [0.25, 0.3) is 17.3 Å². The molecule has 0 atom stereocenters. The van der Waals surface area contributed by atoms with Gasteiger partial charge in [-0.25, -0.2) is 4.79 Å². The van der Waals surface area contributed by atoms with E-state index in [1.54, 1.807) is 12.3 Å². The Bertz CT molecular complexity index is 847. The number of nitrogens with zero attached hydrogens (tertiary/aromatic N) is 3. The highest BCUT2D eigenvalue weighted by atomic mass is 79.9. The Labute approximate surface area is 146 Å². The lowest BCUT2D eigenvalue weighted by atomic mass is 10.1. The number of primary amides is 1. The van der Waals surface area contributed by atoms with Crippen molar-refractivity contribution in [2.75, 3.05) is 0 Å². The predicted molar refractivity (Wildman–Crippen MR) is 90.4 cm³/mol. The van der Waals surface area contributed by atoms with Gasteiger partial charge in [-0.3, -0.25) is 9.48 Å². The van der Waals surface area contributed by atoms with Gasteiger partial charge in [0.25, 0.3) is 0 Å². The van der Waals surface area contributed by atoms with E-state index in [4.69, 9.17) is 16.1 Å². The Hall–Kier alpha value is -2.92. The Kier molecular flexibility index (Phi) is 5.50. The summed E-state index contributed by atoms with van der Waals surface area (Å²) >= 11 is 3.34. The number of carboxylic acids is 1. The van der Waals surface area contributed by atoms with Crippen LogP contribution >= 0.6 is 15.9 Å². The van der Waals surface area contributed by atoms with Crippen LogP contribution in [0.3, 0.4) is 0 Å². The van der Waals surface area contributed by atoms with Crippen molar-refractivity contribution in [1.29, 1.82) is 5.26 Å². The van der Waals surface area contributed by atoms with Crippen LogP contribution in [-0.4, -0.2) is 26.8 Å². The molecule has 1 heterocycles. The smallest absolute Gasteiger partial charge is 0.346 e. The van der Waals surface area contributed by atoms with E-state index in [1.165, 1.54) is 10.8 Å². The molecule has 0 bridgehead atoms. The van der Waals surface area contributed by atoms with E-state index in [1.807, 2.05) is 24.3 Å². The molecule has 24 heavy (non-hydrogen) atoms. The third kappa shape index (κ3) is 4.30. The molecule has 1 amide bonds. The van der Waals surface area contributed by atoms with E-state index in [9.17, 15) is 9.59 Å². The third-order valence-corrected chi connectivity index (χ3v) is 3.67. The van der Waals surface area contributed by atoms with E-state index in [0.717, 1.165) is 10.0 Å². The summed E-state index contributed by atoms with van der Waals surface area (Å²) in [6, 6.07) is 8.92. The minimum atomic E-state index is -1.32. The number of carbonyl (C=O) groups is 2. The van der Waals surface area contributed by atoms with Gasteiger partial charge < -0.3 is 10.8 Å². The topological polar surface area (TPSA) is 122 Å². The molecule has 1 aromatic heterocycles. The highest BCUT2D eigenvalue weighted by molar-refractivity contribution is 9.10. The summed E-state index contributed by atoms with van der Waals surface area (Å²) < 4.78 is 2.39. The number of nitriles is 1. The third-order valence-electron chi connectivity index (χ3n) is 3.15. The maximum Gasteiger partial charge on any atom is 0.346 e. The second-order valence-corrected chi connectivity index (χ2v) is 5.81. The van der Waals surface area contributed by atoms with E-state index < -0.39 is 17.4 Å². The van der Waals surface area contributed by atoms with Crippen molar-refractivity contribution in [2.24, 2.45) is 5.73 Å². The number of rotatable bonds is 6. The van der Waals surface area contributed by atoms with Gasteiger partial charge in [-0.2, -0.15) is 10.4 Å². The SMILES string of the molecule is N#C/C(=C/c1cn(CCC(N)=O)nc1-c1ccc(Br)cc1)C(=O)O. The maximum atomic E-state index is 11.1. The normalized spacial score (nSPS) is 11.1. The van der Waals surface area contributed by atoms with Gasteiger partial charge in [0.05, 0.1) is 5.69 Å². The second kappa shape index (κ2) is 7.57. The molecule has 0 radical (unpaired) electrons. The molecule has 0 fully saturated rings. The minimum absolute atomic E-state index is 0.106. The Balaban J connectivity index is 2.50. The number of benzene rings is 1. The summed E-state index contributed by atoms with van der Waals surface area (Å²) in [5.74, 6) is -1.78. The average molecular weight is 389 g/mol. The van der Waals surface area contributed by atoms with E-state index in [0.29, 0.717) is 11.3 Å². The lowest BCUT2D eigenvalue weighted by molar-refractivity contribution is -0.132. The summed E-state index contributed by atoms with van der Waals surface area (Å²) in [4.78, 5) is 22.0. The maximum absolute atomic E-state index is 11.1. The number of aliphatic carboxylic acids is 1. The van der Waals surface area contributed by atoms with Crippen molar-refractivity contribution in [3.05, 3.63) is 46.1 Å². The molecule has 2 rings (SSSR count). The molecule has 0 saturated carbocycles. The van der Waals surface area contributed by atoms with Crippen LogP contribution in [-0.2, 0) is 16.1 Å². The standard InChI is InChI=1S/C16H13BrN4O3/c17-13-3-1-10(2-4-13)15-12(7-11(8-18)16(23)24)9-21(20-15)6-5-14(19)22/h1-4,7,9H,5-6H2,(H2,19,22)(H,23,24)/b11-7-. The molecule has 8 heteroatoms. The molecule has 0 spiro atoms. The first-order valence-corrected chi connectivity index (χ1v) is 7.67. The summed E-state index contributed by atoms with van der Waals surface area (Å²) in [6.45, 7) is 0.266. The van der Waals surface area contributed by atoms with Crippen molar-refractivity contribution in [3.63, 3.8) is 0 Å². The number of carbonyl (C=O) groups excluding carboxylic acids is 1. The van der Waals surface area contributed by atoms with Gasteiger partial charge in [-0.15, -0.1) is 0 Å². The number of aryl methyl sites for hydroxylation is 1. The number of aromatic nitrogens is 2. The number of amides is 1. The van der Waals surface area contributed by atoms with Crippen molar-refractivity contribution < 1.29 is 14.7 Å². The van der Waals surface area contributed by atoms with Crippen molar-refractivity contribution in [1.82, 2.24) is 9.78 Å². The Morgan fingerprint density at radius 2 is 2.04 bits per heavy atom.